The first kappa shape index (κ1) is 13.0. The number of carbonyl (C=O) groups excluding carboxylic acids is 1. The number of Topliss-reactive ketones (excluding diaryl/α,β-unsaturated/α-hetero) is 1. The molecular weight excluding hydrogens is 282 g/mol. The van der Waals surface area contributed by atoms with E-state index in [1.807, 2.05) is 0 Å². The predicted octanol–water partition coefficient (Wildman–Crippen LogP) is 4.44. The predicted molar refractivity (Wildman–Crippen MR) is 73.8 cm³/mol. The second kappa shape index (κ2) is 4.84. The van der Waals surface area contributed by atoms with Gasteiger partial charge in [-0.3, -0.25) is 4.79 Å². The van der Waals surface area contributed by atoms with Crippen LogP contribution in [0.2, 0.25) is 5.02 Å². The summed E-state index contributed by atoms with van der Waals surface area (Å²) in [6.07, 6.45) is 1.72. The fraction of sp³-hybridized carbons (Fsp3) is 0.0625. The highest BCUT2D eigenvalue weighted by Gasteiger charge is 2.26. The van der Waals surface area contributed by atoms with E-state index in [9.17, 15) is 13.6 Å². The summed E-state index contributed by atoms with van der Waals surface area (Å²) in [6, 6.07) is 8.98. The van der Waals surface area contributed by atoms with E-state index >= 15 is 0 Å². The van der Waals surface area contributed by atoms with Crippen molar-refractivity contribution in [1.29, 1.82) is 0 Å². The summed E-state index contributed by atoms with van der Waals surface area (Å²) in [5.74, 6) is -2.07. The quantitative estimate of drug-likeness (QED) is 0.710. The monoisotopic (exact) mass is 290 g/mol. The Morgan fingerprint density at radius 2 is 1.85 bits per heavy atom. The molecule has 4 heteroatoms. The largest absolute Gasteiger partial charge is 0.289 e. The molecule has 0 fully saturated rings. The van der Waals surface area contributed by atoms with Gasteiger partial charge in [0.1, 0.15) is 0 Å². The molecule has 0 N–H and O–H groups in total. The van der Waals surface area contributed by atoms with Crippen molar-refractivity contribution < 1.29 is 13.6 Å². The fourth-order valence-corrected chi connectivity index (χ4v) is 2.57. The Balaban J connectivity index is 2.06. The van der Waals surface area contributed by atoms with Crippen LogP contribution in [-0.2, 0) is 6.42 Å². The molecule has 2 aromatic carbocycles. The summed E-state index contributed by atoms with van der Waals surface area (Å²) in [7, 11) is 0. The van der Waals surface area contributed by atoms with E-state index in [0.717, 1.165) is 11.6 Å². The fourth-order valence-electron chi connectivity index (χ4n) is 2.33. The first-order chi connectivity index (χ1) is 9.58. The highest BCUT2D eigenvalue weighted by molar-refractivity contribution is 6.33. The standard InChI is InChI=1S/C16H9ClF2O/c17-13-5-2-4-11-12(13)8-10(16(11)20)7-9-3-1-6-14(18)15(9)19/h1-7H,8H2. The molecule has 0 spiro atoms. The molecule has 0 aromatic heterocycles. The van der Waals surface area contributed by atoms with Gasteiger partial charge in [0, 0.05) is 28.1 Å². The number of allylic oxidation sites excluding steroid dienone is 1. The van der Waals surface area contributed by atoms with Gasteiger partial charge >= 0.3 is 0 Å². The summed E-state index contributed by atoms with van der Waals surface area (Å²) >= 11 is 6.05. The Morgan fingerprint density at radius 3 is 2.60 bits per heavy atom. The third kappa shape index (κ3) is 2.04. The SMILES string of the molecule is O=C1C(=Cc2cccc(F)c2F)Cc2c(Cl)cccc21. The number of halogens is 3. The van der Waals surface area contributed by atoms with E-state index in [1.54, 1.807) is 18.2 Å². The summed E-state index contributed by atoms with van der Waals surface area (Å²) < 4.78 is 26.8. The van der Waals surface area contributed by atoms with Gasteiger partial charge in [-0.25, -0.2) is 8.78 Å². The van der Waals surface area contributed by atoms with E-state index in [2.05, 4.69) is 0 Å². The molecular formula is C16H9ClF2O. The average Bonchev–Trinajstić information content (AvgIpc) is 2.74. The Labute approximate surface area is 119 Å². The van der Waals surface area contributed by atoms with Crippen molar-refractivity contribution in [3.05, 3.63) is 75.3 Å². The Morgan fingerprint density at radius 1 is 1.10 bits per heavy atom. The zero-order chi connectivity index (χ0) is 14.3. The van der Waals surface area contributed by atoms with E-state index in [1.165, 1.54) is 18.2 Å². The summed E-state index contributed by atoms with van der Waals surface area (Å²) in [5, 5.41) is 0.513. The minimum Gasteiger partial charge on any atom is -0.289 e. The van der Waals surface area contributed by atoms with Crippen molar-refractivity contribution in [2.45, 2.75) is 6.42 Å². The molecule has 20 heavy (non-hydrogen) atoms. The third-order valence-corrected chi connectivity index (χ3v) is 3.69. The van der Waals surface area contributed by atoms with Gasteiger partial charge in [-0.15, -0.1) is 0 Å². The number of benzene rings is 2. The van der Waals surface area contributed by atoms with Crippen LogP contribution in [0.25, 0.3) is 6.08 Å². The molecule has 0 radical (unpaired) electrons. The highest BCUT2D eigenvalue weighted by Crippen LogP contribution is 2.33. The molecule has 0 saturated heterocycles. The van der Waals surface area contributed by atoms with Crippen molar-refractivity contribution in [1.82, 2.24) is 0 Å². The zero-order valence-corrected chi connectivity index (χ0v) is 11.0. The summed E-state index contributed by atoms with van der Waals surface area (Å²) in [6.45, 7) is 0. The molecule has 2 aromatic rings. The van der Waals surface area contributed by atoms with E-state index < -0.39 is 11.6 Å². The Kier molecular flexibility index (Phi) is 3.14. The van der Waals surface area contributed by atoms with Crippen LogP contribution in [0.1, 0.15) is 21.5 Å². The molecule has 0 heterocycles. The molecule has 0 saturated carbocycles. The molecule has 1 aliphatic rings. The molecule has 0 bridgehead atoms. The molecule has 3 rings (SSSR count). The van der Waals surface area contributed by atoms with Gasteiger partial charge in [-0.2, -0.15) is 0 Å². The highest BCUT2D eigenvalue weighted by atomic mass is 35.5. The molecule has 1 aliphatic carbocycles. The number of hydrogen-bond acceptors (Lipinski definition) is 1. The topological polar surface area (TPSA) is 17.1 Å². The summed E-state index contributed by atoms with van der Waals surface area (Å²) in [5.41, 5.74) is 1.75. The van der Waals surface area contributed by atoms with Crippen molar-refractivity contribution in [2.24, 2.45) is 0 Å². The molecule has 0 atom stereocenters. The van der Waals surface area contributed by atoms with Gasteiger partial charge in [-0.1, -0.05) is 35.9 Å². The Hall–Kier alpha value is -2.00. The van der Waals surface area contributed by atoms with E-state index in [-0.39, 0.29) is 11.3 Å². The molecule has 0 amide bonds. The molecule has 0 aliphatic heterocycles. The number of ketones is 1. The lowest BCUT2D eigenvalue weighted by Crippen LogP contribution is -1.96. The smallest absolute Gasteiger partial charge is 0.189 e. The third-order valence-electron chi connectivity index (χ3n) is 3.33. The maximum atomic E-state index is 13.6. The van der Waals surface area contributed by atoms with E-state index in [4.69, 9.17) is 11.6 Å². The van der Waals surface area contributed by atoms with Crippen molar-refractivity contribution in [2.75, 3.05) is 0 Å². The molecule has 0 unspecified atom stereocenters. The van der Waals surface area contributed by atoms with E-state index in [0.29, 0.717) is 22.6 Å². The van der Waals surface area contributed by atoms with Crippen LogP contribution in [0.5, 0.6) is 0 Å². The maximum absolute atomic E-state index is 13.6. The minimum atomic E-state index is -0.949. The van der Waals surface area contributed by atoms with Crippen LogP contribution in [-0.4, -0.2) is 5.78 Å². The van der Waals surface area contributed by atoms with Crippen molar-refractivity contribution in [3.63, 3.8) is 0 Å². The van der Waals surface area contributed by atoms with Crippen LogP contribution < -0.4 is 0 Å². The number of fused-ring (bicyclic) bond motifs is 1. The van der Waals surface area contributed by atoms with Gasteiger partial charge in [0.25, 0.3) is 0 Å². The zero-order valence-electron chi connectivity index (χ0n) is 10.3. The summed E-state index contributed by atoms with van der Waals surface area (Å²) in [4.78, 5) is 12.2. The van der Waals surface area contributed by atoms with Gasteiger partial charge in [0.05, 0.1) is 0 Å². The van der Waals surface area contributed by atoms with Crippen molar-refractivity contribution in [3.8, 4) is 0 Å². The lowest BCUT2D eigenvalue weighted by atomic mass is 10.1. The van der Waals surface area contributed by atoms with Crippen LogP contribution in [0.3, 0.4) is 0 Å². The van der Waals surface area contributed by atoms with Crippen LogP contribution in [0, 0.1) is 11.6 Å². The normalized spacial score (nSPS) is 15.8. The minimum absolute atomic E-state index is 0.0669. The van der Waals surface area contributed by atoms with Gasteiger partial charge in [-0.05, 0) is 23.8 Å². The first-order valence-electron chi connectivity index (χ1n) is 6.04. The number of carbonyl (C=O) groups is 1. The number of rotatable bonds is 1. The molecule has 1 nitrogen and oxygen atoms in total. The van der Waals surface area contributed by atoms with Crippen molar-refractivity contribution >= 4 is 23.5 Å². The van der Waals surface area contributed by atoms with Gasteiger partial charge < -0.3 is 0 Å². The average molecular weight is 291 g/mol. The molecule has 100 valence electrons. The van der Waals surface area contributed by atoms with Crippen LogP contribution in [0.4, 0.5) is 8.78 Å². The second-order valence-corrected chi connectivity index (χ2v) is 4.99. The Bertz CT molecular complexity index is 750. The second-order valence-electron chi connectivity index (χ2n) is 4.58. The van der Waals surface area contributed by atoms with Gasteiger partial charge in [0.15, 0.2) is 17.4 Å². The van der Waals surface area contributed by atoms with Crippen LogP contribution in [0.15, 0.2) is 42.0 Å². The first-order valence-corrected chi connectivity index (χ1v) is 6.42. The lowest BCUT2D eigenvalue weighted by molar-refractivity contribution is 0.104. The lowest BCUT2D eigenvalue weighted by Gasteiger charge is -2.00. The van der Waals surface area contributed by atoms with Gasteiger partial charge in [0.2, 0.25) is 0 Å². The number of hydrogen-bond donors (Lipinski definition) is 0. The van der Waals surface area contributed by atoms with Crippen LogP contribution >= 0.6 is 11.6 Å². The maximum Gasteiger partial charge on any atom is 0.189 e.